The molecule has 0 fully saturated rings. The van der Waals surface area contributed by atoms with Crippen molar-refractivity contribution in [3.8, 4) is 11.1 Å². The molecule has 1 aliphatic rings. The standard InChI is InChI=1S/C13H12ClN3O2S2/c14-10-3-1-9(2-4-10)11-7-16-17-13(11)21(18,19)8-12-15-5-6-20-12/h1-4,7H,5-6,8H2,(H,16,17). The molecule has 0 atom stereocenters. The average molecular weight is 342 g/mol. The lowest BCUT2D eigenvalue weighted by Crippen LogP contribution is -2.14. The van der Waals surface area contributed by atoms with Gasteiger partial charge in [-0.15, -0.1) is 11.8 Å². The van der Waals surface area contributed by atoms with Crippen LogP contribution in [0.4, 0.5) is 0 Å². The van der Waals surface area contributed by atoms with Gasteiger partial charge < -0.3 is 0 Å². The van der Waals surface area contributed by atoms with E-state index in [2.05, 4.69) is 15.2 Å². The number of aromatic nitrogens is 2. The summed E-state index contributed by atoms with van der Waals surface area (Å²) in [6.07, 6.45) is 1.51. The normalized spacial score (nSPS) is 15.2. The number of benzene rings is 1. The average Bonchev–Trinajstić information content (AvgIpc) is 3.10. The summed E-state index contributed by atoms with van der Waals surface area (Å²) in [4.78, 5) is 4.19. The second-order valence-corrected chi connectivity index (χ2v) is 8.03. The molecule has 2 heterocycles. The summed E-state index contributed by atoms with van der Waals surface area (Å²) in [6, 6.07) is 6.98. The molecule has 0 saturated carbocycles. The summed E-state index contributed by atoms with van der Waals surface area (Å²) in [7, 11) is -3.49. The van der Waals surface area contributed by atoms with Crippen molar-refractivity contribution < 1.29 is 8.42 Å². The van der Waals surface area contributed by atoms with Gasteiger partial charge in [0, 0.05) is 22.9 Å². The molecular weight excluding hydrogens is 330 g/mol. The van der Waals surface area contributed by atoms with Crippen LogP contribution in [-0.4, -0.2) is 41.7 Å². The van der Waals surface area contributed by atoms with Crippen LogP contribution < -0.4 is 0 Å². The zero-order valence-corrected chi connectivity index (χ0v) is 13.3. The Labute approximate surface area is 131 Å². The van der Waals surface area contributed by atoms with E-state index in [0.717, 1.165) is 11.3 Å². The zero-order chi connectivity index (χ0) is 14.9. The number of aromatic amines is 1. The number of aliphatic imine (C=N–C) groups is 1. The Morgan fingerprint density at radius 3 is 2.71 bits per heavy atom. The molecule has 21 heavy (non-hydrogen) atoms. The molecule has 1 aromatic heterocycles. The minimum absolute atomic E-state index is 0.0829. The smallest absolute Gasteiger partial charge is 0.201 e. The van der Waals surface area contributed by atoms with Crippen LogP contribution in [0.15, 0.2) is 40.5 Å². The fourth-order valence-corrected chi connectivity index (χ4v) is 4.83. The van der Waals surface area contributed by atoms with Crippen molar-refractivity contribution in [2.45, 2.75) is 5.03 Å². The fraction of sp³-hybridized carbons (Fsp3) is 0.231. The van der Waals surface area contributed by atoms with Gasteiger partial charge in [-0.25, -0.2) is 8.42 Å². The van der Waals surface area contributed by atoms with Crippen molar-refractivity contribution in [2.24, 2.45) is 4.99 Å². The first-order chi connectivity index (χ1) is 10.1. The Hall–Kier alpha value is -1.31. The third kappa shape index (κ3) is 3.14. The van der Waals surface area contributed by atoms with Gasteiger partial charge in [0.05, 0.1) is 11.2 Å². The van der Waals surface area contributed by atoms with Gasteiger partial charge in [0.2, 0.25) is 9.84 Å². The maximum Gasteiger partial charge on any atom is 0.201 e. The van der Waals surface area contributed by atoms with E-state index in [9.17, 15) is 8.42 Å². The second kappa shape index (κ2) is 5.82. The summed E-state index contributed by atoms with van der Waals surface area (Å²) < 4.78 is 25.0. The lowest BCUT2D eigenvalue weighted by Gasteiger charge is -2.05. The van der Waals surface area contributed by atoms with Crippen LogP contribution >= 0.6 is 23.4 Å². The van der Waals surface area contributed by atoms with Crippen molar-refractivity contribution in [3.63, 3.8) is 0 Å². The minimum atomic E-state index is -3.49. The third-order valence-corrected chi connectivity index (χ3v) is 6.05. The first-order valence-electron chi connectivity index (χ1n) is 6.24. The summed E-state index contributed by atoms with van der Waals surface area (Å²) >= 11 is 7.35. The zero-order valence-electron chi connectivity index (χ0n) is 10.9. The molecule has 1 aliphatic heterocycles. The van der Waals surface area contributed by atoms with Crippen molar-refractivity contribution in [2.75, 3.05) is 18.1 Å². The van der Waals surface area contributed by atoms with E-state index in [1.165, 1.54) is 18.0 Å². The van der Waals surface area contributed by atoms with Crippen LogP contribution in [0.5, 0.6) is 0 Å². The highest BCUT2D eigenvalue weighted by atomic mass is 35.5. The maximum atomic E-state index is 12.5. The molecule has 2 aromatic rings. The van der Waals surface area contributed by atoms with Crippen LogP contribution in [0.2, 0.25) is 5.02 Å². The first-order valence-corrected chi connectivity index (χ1v) is 9.26. The predicted molar refractivity (Wildman–Crippen MR) is 85.8 cm³/mol. The molecule has 0 amide bonds. The van der Waals surface area contributed by atoms with E-state index >= 15 is 0 Å². The Balaban J connectivity index is 1.96. The highest BCUT2D eigenvalue weighted by Gasteiger charge is 2.25. The summed E-state index contributed by atoms with van der Waals surface area (Å²) in [5.41, 5.74) is 1.31. The molecule has 0 aliphatic carbocycles. The van der Waals surface area contributed by atoms with Gasteiger partial charge in [0.1, 0.15) is 5.75 Å². The van der Waals surface area contributed by atoms with E-state index in [-0.39, 0.29) is 10.8 Å². The van der Waals surface area contributed by atoms with E-state index in [1.807, 2.05) is 0 Å². The molecule has 8 heteroatoms. The van der Waals surface area contributed by atoms with Crippen LogP contribution in [0.3, 0.4) is 0 Å². The van der Waals surface area contributed by atoms with Gasteiger partial charge in [0.25, 0.3) is 0 Å². The summed E-state index contributed by atoms with van der Waals surface area (Å²) in [5, 5.41) is 7.86. The Morgan fingerprint density at radius 1 is 1.29 bits per heavy atom. The number of halogens is 1. The lowest BCUT2D eigenvalue weighted by molar-refractivity contribution is 0.596. The number of hydrogen-bond donors (Lipinski definition) is 1. The molecular formula is C13H12ClN3O2S2. The predicted octanol–water partition coefficient (Wildman–Crippen LogP) is 2.65. The van der Waals surface area contributed by atoms with Gasteiger partial charge in [-0.2, -0.15) is 5.10 Å². The van der Waals surface area contributed by atoms with Crippen LogP contribution in [-0.2, 0) is 9.84 Å². The first kappa shape index (κ1) is 14.6. The van der Waals surface area contributed by atoms with Crippen molar-refractivity contribution >= 4 is 38.2 Å². The highest BCUT2D eigenvalue weighted by Crippen LogP contribution is 2.28. The number of nitrogens with one attached hydrogen (secondary N) is 1. The highest BCUT2D eigenvalue weighted by molar-refractivity contribution is 8.15. The van der Waals surface area contributed by atoms with Crippen molar-refractivity contribution in [1.29, 1.82) is 0 Å². The SMILES string of the molecule is O=S(=O)(CC1=NCCS1)c1[nH]ncc1-c1ccc(Cl)cc1. The maximum absolute atomic E-state index is 12.5. The van der Waals surface area contributed by atoms with Gasteiger partial charge in [0.15, 0.2) is 5.03 Å². The van der Waals surface area contributed by atoms with Crippen LogP contribution in [0.25, 0.3) is 11.1 Å². The number of nitrogens with zero attached hydrogens (tertiary/aromatic N) is 2. The van der Waals surface area contributed by atoms with Crippen molar-refractivity contribution in [3.05, 3.63) is 35.5 Å². The molecule has 3 rings (SSSR count). The number of thioether (sulfide) groups is 1. The topological polar surface area (TPSA) is 75.2 Å². The fourth-order valence-electron chi connectivity index (χ4n) is 2.05. The summed E-state index contributed by atoms with van der Waals surface area (Å²) in [6.45, 7) is 0.683. The molecule has 0 spiro atoms. The minimum Gasteiger partial charge on any atom is -0.281 e. The molecule has 0 bridgehead atoms. The number of hydrogen-bond acceptors (Lipinski definition) is 5. The van der Waals surface area contributed by atoms with Gasteiger partial charge in [-0.1, -0.05) is 23.7 Å². The molecule has 5 nitrogen and oxygen atoms in total. The van der Waals surface area contributed by atoms with Gasteiger partial charge in [-0.3, -0.25) is 10.1 Å². The van der Waals surface area contributed by atoms with E-state index in [0.29, 0.717) is 22.2 Å². The lowest BCUT2D eigenvalue weighted by atomic mass is 10.1. The number of sulfone groups is 1. The summed E-state index contributed by atoms with van der Waals surface area (Å²) in [5.74, 6) is 0.762. The third-order valence-electron chi connectivity index (χ3n) is 3.03. The van der Waals surface area contributed by atoms with E-state index in [4.69, 9.17) is 11.6 Å². The molecule has 110 valence electrons. The Kier molecular flexibility index (Phi) is 4.05. The second-order valence-electron chi connectivity index (χ2n) is 4.50. The Morgan fingerprint density at radius 2 is 2.05 bits per heavy atom. The van der Waals surface area contributed by atoms with Crippen LogP contribution in [0.1, 0.15) is 0 Å². The molecule has 1 aromatic carbocycles. The molecule has 1 N–H and O–H groups in total. The monoisotopic (exact) mass is 341 g/mol. The van der Waals surface area contributed by atoms with Crippen molar-refractivity contribution in [1.82, 2.24) is 10.2 Å². The Bertz CT molecular complexity index is 782. The van der Waals surface area contributed by atoms with Crippen LogP contribution in [0, 0.1) is 0 Å². The van der Waals surface area contributed by atoms with E-state index in [1.54, 1.807) is 24.3 Å². The largest absolute Gasteiger partial charge is 0.281 e. The van der Waals surface area contributed by atoms with Gasteiger partial charge in [-0.05, 0) is 17.7 Å². The molecule has 0 saturated heterocycles. The number of rotatable bonds is 4. The van der Waals surface area contributed by atoms with E-state index < -0.39 is 9.84 Å². The molecule has 0 unspecified atom stereocenters. The molecule has 0 radical (unpaired) electrons. The van der Waals surface area contributed by atoms with Gasteiger partial charge >= 0.3 is 0 Å². The number of H-pyrrole nitrogens is 1. The quantitative estimate of drug-likeness (QED) is 0.927.